The second kappa shape index (κ2) is 8.85. The Morgan fingerprint density at radius 1 is 1.27 bits per heavy atom. The van der Waals surface area contributed by atoms with Gasteiger partial charge in [0.25, 0.3) is 5.56 Å². The summed E-state index contributed by atoms with van der Waals surface area (Å²) < 4.78 is 0. The first kappa shape index (κ1) is 18.5. The lowest BCUT2D eigenvalue weighted by molar-refractivity contribution is -0.121. The van der Waals surface area contributed by atoms with E-state index < -0.39 is 0 Å². The third-order valence-corrected chi connectivity index (χ3v) is 5.08. The van der Waals surface area contributed by atoms with Gasteiger partial charge in [0.2, 0.25) is 5.91 Å². The molecule has 0 saturated carbocycles. The van der Waals surface area contributed by atoms with Crippen LogP contribution in [0.4, 0.5) is 0 Å². The van der Waals surface area contributed by atoms with Crippen molar-refractivity contribution in [1.29, 1.82) is 0 Å². The Bertz CT molecular complexity index is 766. The highest BCUT2D eigenvalue weighted by atomic mass is 16.2. The maximum atomic E-state index is 12.3. The quantitative estimate of drug-likeness (QED) is 0.707. The van der Waals surface area contributed by atoms with E-state index in [1.807, 2.05) is 6.07 Å². The lowest BCUT2D eigenvalue weighted by Crippen LogP contribution is -2.48. The molecule has 26 heavy (non-hydrogen) atoms. The molecule has 1 amide bonds. The van der Waals surface area contributed by atoms with Crippen LogP contribution in [0.2, 0.25) is 0 Å². The number of carbonyl (C=O) groups excluding carboxylic acids is 1. The van der Waals surface area contributed by atoms with Crippen molar-refractivity contribution in [3.63, 3.8) is 0 Å². The molecule has 1 aromatic carbocycles. The number of aromatic nitrogens is 2. The molecule has 0 spiro atoms. The van der Waals surface area contributed by atoms with Crippen LogP contribution in [0, 0.1) is 6.92 Å². The Morgan fingerprint density at radius 2 is 2.08 bits per heavy atom. The van der Waals surface area contributed by atoms with E-state index in [1.54, 1.807) is 6.92 Å². The average Bonchev–Trinajstić information content (AvgIpc) is 2.95. The fraction of sp³-hybridized carbons (Fsp3) is 0.500. The molecule has 1 aliphatic heterocycles. The molecular weight excluding hydrogens is 328 g/mol. The second-order valence-electron chi connectivity index (χ2n) is 7.16. The number of amides is 1. The molecule has 6 heteroatoms. The van der Waals surface area contributed by atoms with Crippen molar-refractivity contribution in [3.05, 3.63) is 57.5 Å². The van der Waals surface area contributed by atoms with Gasteiger partial charge < -0.3 is 15.3 Å². The first-order valence-corrected chi connectivity index (χ1v) is 9.43. The van der Waals surface area contributed by atoms with Crippen LogP contribution in [0.3, 0.4) is 0 Å². The van der Waals surface area contributed by atoms with Crippen molar-refractivity contribution in [2.45, 2.75) is 45.1 Å². The molecule has 2 aromatic rings. The van der Waals surface area contributed by atoms with Crippen LogP contribution in [0.15, 0.2) is 35.1 Å². The number of nitrogens with zero attached hydrogens (tertiary/aromatic N) is 1. The molecule has 1 aromatic heterocycles. The Labute approximate surface area is 154 Å². The number of aryl methyl sites for hydroxylation is 2. The molecule has 0 aliphatic carbocycles. The number of piperidine rings is 1. The molecule has 1 saturated heterocycles. The number of hydrogen-bond acceptors (Lipinski definition) is 3. The van der Waals surface area contributed by atoms with Gasteiger partial charge in [-0.25, -0.2) is 0 Å². The fourth-order valence-corrected chi connectivity index (χ4v) is 3.65. The van der Waals surface area contributed by atoms with Crippen molar-refractivity contribution >= 4 is 5.91 Å². The van der Waals surface area contributed by atoms with E-state index in [9.17, 15) is 9.59 Å². The van der Waals surface area contributed by atoms with Crippen LogP contribution < -0.4 is 10.9 Å². The molecule has 0 bridgehead atoms. The predicted octanol–water partition coefficient (Wildman–Crippen LogP) is 1.77. The summed E-state index contributed by atoms with van der Waals surface area (Å²) in [5, 5.41) is 8.39. The summed E-state index contributed by atoms with van der Waals surface area (Å²) in [7, 11) is 0. The molecule has 0 radical (unpaired) electrons. The molecule has 2 heterocycles. The highest BCUT2D eigenvalue weighted by Crippen LogP contribution is 2.12. The van der Waals surface area contributed by atoms with Gasteiger partial charge in [-0.05, 0) is 51.3 Å². The first-order chi connectivity index (χ1) is 12.6. The van der Waals surface area contributed by atoms with Gasteiger partial charge in [0.05, 0.1) is 6.42 Å². The largest absolute Gasteiger partial charge is 0.352 e. The van der Waals surface area contributed by atoms with E-state index in [1.165, 1.54) is 5.56 Å². The number of nitrogens with one attached hydrogen (secondary N) is 3. The van der Waals surface area contributed by atoms with E-state index in [2.05, 4.69) is 44.7 Å². The van der Waals surface area contributed by atoms with Gasteiger partial charge in [-0.2, -0.15) is 0 Å². The van der Waals surface area contributed by atoms with Crippen LogP contribution in [0.1, 0.15) is 36.1 Å². The minimum absolute atomic E-state index is 0.0747. The van der Waals surface area contributed by atoms with Crippen LogP contribution in [-0.2, 0) is 17.6 Å². The third-order valence-electron chi connectivity index (χ3n) is 5.08. The standard InChI is InChI=1S/C20H28N4O2/c1-15-18(20(26)23-22-15)13-19(25)21-17-10-6-12-24(14-17)11-5-9-16-7-3-2-4-8-16/h2-4,7-8,17H,5-6,9-14H2,1H3,(H,21,25)(H2,22,23,26)/t17-/m0/s1. The topological polar surface area (TPSA) is 81.0 Å². The van der Waals surface area contributed by atoms with Gasteiger partial charge in [-0.15, -0.1) is 0 Å². The maximum absolute atomic E-state index is 12.3. The van der Waals surface area contributed by atoms with Crippen molar-refractivity contribution in [3.8, 4) is 0 Å². The van der Waals surface area contributed by atoms with Crippen LogP contribution in [0.25, 0.3) is 0 Å². The normalized spacial score (nSPS) is 18.0. The minimum atomic E-state index is -0.205. The zero-order valence-corrected chi connectivity index (χ0v) is 15.4. The highest BCUT2D eigenvalue weighted by molar-refractivity contribution is 5.79. The van der Waals surface area contributed by atoms with Gasteiger partial charge in [-0.3, -0.25) is 14.7 Å². The molecule has 1 fully saturated rings. The SMILES string of the molecule is Cc1[nH][nH]c(=O)c1CC(=O)N[C@H]1CCCN(CCCc2ccccc2)C1. The second-order valence-corrected chi connectivity index (χ2v) is 7.16. The van der Waals surface area contributed by atoms with Gasteiger partial charge in [-0.1, -0.05) is 30.3 Å². The average molecular weight is 356 g/mol. The predicted molar refractivity (Wildman–Crippen MR) is 102 cm³/mol. The van der Waals surface area contributed by atoms with Gasteiger partial charge in [0, 0.05) is 23.8 Å². The number of aromatic amines is 2. The number of rotatable bonds is 7. The van der Waals surface area contributed by atoms with E-state index in [0.29, 0.717) is 5.56 Å². The van der Waals surface area contributed by atoms with E-state index >= 15 is 0 Å². The minimum Gasteiger partial charge on any atom is -0.352 e. The van der Waals surface area contributed by atoms with Gasteiger partial charge in [0.15, 0.2) is 0 Å². The van der Waals surface area contributed by atoms with Crippen LogP contribution >= 0.6 is 0 Å². The first-order valence-electron chi connectivity index (χ1n) is 9.43. The molecule has 3 rings (SSSR count). The zero-order valence-electron chi connectivity index (χ0n) is 15.4. The van der Waals surface area contributed by atoms with Crippen molar-refractivity contribution in [2.24, 2.45) is 0 Å². The van der Waals surface area contributed by atoms with Gasteiger partial charge >= 0.3 is 0 Å². The third kappa shape index (κ3) is 5.08. The molecule has 1 aliphatic rings. The number of carbonyl (C=O) groups is 1. The molecule has 3 N–H and O–H groups in total. The highest BCUT2D eigenvalue weighted by Gasteiger charge is 2.22. The van der Waals surface area contributed by atoms with E-state index in [-0.39, 0.29) is 23.9 Å². The summed E-state index contributed by atoms with van der Waals surface area (Å²) in [5.74, 6) is -0.0747. The lowest BCUT2D eigenvalue weighted by atomic mass is 10.0. The molecule has 140 valence electrons. The van der Waals surface area contributed by atoms with Crippen molar-refractivity contribution in [2.75, 3.05) is 19.6 Å². The van der Waals surface area contributed by atoms with Crippen molar-refractivity contribution in [1.82, 2.24) is 20.4 Å². The maximum Gasteiger partial charge on any atom is 0.267 e. The number of H-pyrrole nitrogens is 2. The number of benzene rings is 1. The van der Waals surface area contributed by atoms with E-state index in [4.69, 9.17) is 0 Å². The van der Waals surface area contributed by atoms with Crippen molar-refractivity contribution < 1.29 is 4.79 Å². The summed E-state index contributed by atoms with van der Waals surface area (Å²) in [4.78, 5) is 26.4. The fourth-order valence-electron chi connectivity index (χ4n) is 3.65. The Hall–Kier alpha value is -2.34. The number of hydrogen-bond donors (Lipinski definition) is 3. The van der Waals surface area contributed by atoms with Crippen LogP contribution in [-0.4, -0.2) is 46.7 Å². The van der Waals surface area contributed by atoms with Gasteiger partial charge in [0.1, 0.15) is 0 Å². The zero-order chi connectivity index (χ0) is 18.4. The molecule has 0 unspecified atom stereocenters. The van der Waals surface area contributed by atoms with Crippen LogP contribution in [0.5, 0.6) is 0 Å². The summed E-state index contributed by atoms with van der Waals surface area (Å²) in [6.45, 7) is 4.84. The Morgan fingerprint density at radius 3 is 2.81 bits per heavy atom. The summed E-state index contributed by atoms with van der Waals surface area (Å²) >= 11 is 0. The Kier molecular flexibility index (Phi) is 6.28. The smallest absolute Gasteiger partial charge is 0.267 e. The lowest BCUT2D eigenvalue weighted by Gasteiger charge is -2.33. The molecule has 1 atom stereocenters. The monoisotopic (exact) mass is 356 g/mol. The summed E-state index contributed by atoms with van der Waals surface area (Å²) in [6, 6.07) is 10.7. The summed E-state index contributed by atoms with van der Waals surface area (Å²) in [6.07, 6.45) is 4.45. The Balaban J connectivity index is 1.43. The number of likely N-dealkylation sites (tertiary alicyclic amines) is 1. The summed E-state index contributed by atoms with van der Waals surface area (Å²) in [5.41, 5.74) is 2.43. The van der Waals surface area contributed by atoms with E-state index in [0.717, 1.165) is 51.0 Å². The molecular formula is C20H28N4O2. The molecule has 6 nitrogen and oxygen atoms in total.